The van der Waals surface area contributed by atoms with Crippen molar-refractivity contribution < 1.29 is 19.4 Å². The Hall–Kier alpha value is -2.41. The number of carbonyl (C=O) groups is 2. The number of aromatic nitrogens is 1. The van der Waals surface area contributed by atoms with Gasteiger partial charge in [0.2, 0.25) is 0 Å². The fourth-order valence-corrected chi connectivity index (χ4v) is 3.13. The smallest absolute Gasteiger partial charge is 0.408 e. The Kier molecular flexibility index (Phi) is 5.79. The van der Waals surface area contributed by atoms with Crippen LogP contribution in [0, 0.1) is 6.92 Å². The summed E-state index contributed by atoms with van der Waals surface area (Å²) in [4.78, 5) is 28.4. The minimum atomic E-state index is -0.997. The van der Waals surface area contributed by atoms with Gasteiger partial charge in [0, 0.05) is 0 Å². The van der Waals surface area contributed by atoms with Crippen LogP contribution >= 0.6 is 11.3 Å². The first-order chi connectivity index (χ1) is 11.7. The molecular formula is C18H22N2O4S. The molecule has 1 heterocycles. The van der Waals surface area contributed by atoms with E-state index in [0.29, 0.717) is 5.56 Å². The van der Waals surface area contributed by atoms with Crippen molar-refractivity contribution in [1.82, 2.24) is 10.3 Å². The van der Waals surface area contributed by atoms with Gasteiger partial charge < -0.3 is 15.2 Å². The molecule has 0 aliphatic rings. The van der Waals surface area contributed by atoms with E-state index in [9.17, 15) is 9.59 Å². The number of ether oxygens (including phenoxy) is 1. The van der Waals surface area contributed by atoms with Crippen LogP contribution in [0.15, 0.2) is 29.8 Å². The first-order valence-electron chi connectivity index (χ1n) is 7.87. The number of aliphatic carboxylic acids is 1. The second kappa shape index (κ2) is 7.65. The highest BCUT2D eigenvalue weighted by Gasteiger charge is 2.22. The van der Waals surface area contributed by atoms with Crippen LogP contribution in [0.1, 0.15) is 44.5 Å². The lowest BCUT2D eigenvalue weighted by Crippen LogP contribution is -2.35. The summed E-state index contributed by atoms with van der Waals surface area (Å²) in [5.74, 6) is -0.997. The summed E-state index contributed by atoms with van der Waals surface area (Å²) in [7, 11) is 0. The van der Waals surface area contributed by atoms with Gasteiger partial charge in [-0.1, -0.05) is 24.3 Å². The predicted octanol–water partition coefficient (Wildman–Crippen LogP) is 4.16. The van der Waals surface area contributed by atoms with Crippen molar-refractivity contribution in [1.29, 1.82) is 0 Å². The van der Waals surface area contributed by atoms with Gasteiger partial charge >= 0.3 is 12.1 Å². The van der Waals surface area contributed by atoms with Crippen LogP contribution in [-0.4, -0.2) is 27.8 Å². The van der Waals surface area contributed by atoms with Crippen molar-refractivity contribution >= 4 is 23.4 Å². The maximum Gasteiger partial charge on any atom is 0.408 e. The van der Waals surface area contributed by atoms with Gasteiger partial charge in [0.1, 0.15) is 5.60 Å². The molecule has 2 aromatic rings. The van der Waals surface area contributed by atoms with E-state index in [1.165, 1.54) is 0 Å². The van der Waals surface area contributed by atoms with E-state index in [1.807, 2.05) is 31.2 Å². The highest BCUT2D eigenvalue weighted by molar-refractivity contribution is 7.13. The molecule has 7 heteroatoms. The number of carboxylic acids is 1. The quantitative estimate of drug-likeness (QED) is 0.834. The molecule has 1 aromatic heterocycles. The summed E-state index contributed by atoms with van der Waals surface area (Å²) >= 11 is 1.55. The van der Waals surface area contributed by atoms with Gasteiger partial charge in [-0.25, -0.2) is 9.78 Å². The number of amides is 1. The van der Waals surface area contributed by atoms with E-state index in [1.54, 1.807) is 37.6 Å². The zero-order valence-corrected chi connectivity index (χ0v) is 15.5. The van der Waals surface area contributed by atoms with Crippen molar-refractivity contribution in [3.63, 3.8) is 0 Å². The number of benzene rings is 1. The molecule has 0 saturated carbocycles. The molecule has 134 valence electrons. The molecule has 0 aliphatic heterocycles. The summed E-state index contributed by atoms with van der Waals surface area (Å²) in [6.45, 7) is 7.21. The molecule has 2 rings (SSSR count). The van der Waals surface area contributed by atoms with Gasteiger partial charge in [0.25, 0.3) is 0 Å². The molecule has 0 aliphatic carbocycles. The van der Waals surface area contributed by atoms with Crippen LogP contribution in [0.5, 0.6) is 0 Å². The maximum absolute atomic E-state index is 12.0. The third-order valence-corrected chi connectivity index (χ3v) is 4.37. The normalized spacial score (nSPS) is 12.5. The topological polar surface area (TPSA) is 88.5 Å². The molecule has 2 N–H and O–H groups in total. The number of rotatable bonds is 5. The van der Waals surface area contributed by atoms with E-state index in [4.69, 9.17) is 9.84 Å². The number of hydrogen-bond donors (Lipinski definition) is 2. The molecule has 0 spiro atoms. The number of hydrogen-bond acceptors (Lipinski definition) is 5. The Labute approximate surface area is 150 Å². The lowest BCUT2D eigenvalue weighted by Gasteiger charge is -2.23. The first kappa shape index (κ1) is 18.9. The van der Waals surface area contributed by atoms with Gasteiger partial charge in [-0.05, 0) is 38.8 Å². The summed E-state index contributed by atoms with van der Waals surface area (Å²) in [5, 5.41) is 11.8. The monoisotopic (exact) mass is 362 g/mol. The predicted molar refractivity (Wildman–Crippen MR) is 96.7 cm³/mol. The lowest BCUT2D eigenvalue weighted by molar-refractivity contribution is -0.137. The van der Waals surface area contributed by atoms with E-state index in [2.05, 4.69) is 10.3 Å². The summed E-state index contributed by atoms with van der Waals surface area (Å²) < 4.78 is 5.22. The molecule has 25 heavy (non-hydrogen) atoms. The Morgan fingerprint density at radius 1 is 1.28 bits per heavy atom. The van der Waals surface area contributed by atoms with E-state index in [-0.39, 0.29) is 6.42 Å². The van der Waals surface area contributed by atoms with E-state index >= 15 is 0 Å². The second-order valence-electron chi connectivity index (χ2n) is 6.69. The van der Waals surface area contributed by atoms with Gasteiger partial charge in [-0.15, -0.1) is 11.3 Å². The SMILES string of the molecule is Cc1ncsc1-c1ccc([C@@H](CC(=O)O)NC(=O)OC(C)(C)C)cc1. The van der Waals surface area contributed by atoms with Crippen LogP contribution in [0.4, 0.5) is 4.79 Å². The fraction of sp³-hybridized carbons (Fsp3) is 0.389. The molecule has 0 bridgehead atoms. The van der Waals surface area contributed by atoms with Crippen LogP contribution in [-0.2, 0) is 9.53 Å². The molecule has 1 aromatic carbocycles. The van der Waals surface area contributed by atoms with Gasteiger partial charge in [0.15, 0.2) is 0 Å². The molecule has 0 radical (unpaired) electrons. The zero-order valence-electron chi connectivity index (χ0n) is 14.7. The van der Waals surface area contributed by atoms with Crippen LogP contribution in [0.2, 0.25) is 0 Å². The molecule has 0 unspecified atom stereocenters. The average Bonchev–Trinajstić information content (AvgIpc) is 2.90. The third kappa shape index (κ3) is 5.56. The zero-order chi connectivity index (χ0) is 18.6. The number of carbonyl (C=O) groups excluding carboxylic acids is 1. The largest absolute Gasteiger partial charge is 0.481 e. The number of alkyl carbamates (subject to hydrolysis) is 1. The number of thiazole rings is 1. The standard InChI is InChI=1S/C18H22N2O4S/c1-11-16(25-10-19-11)13-7-5-12(6-8-13)14(9-15(21)22)20-17(23)24-18(2,3)4/h5-8,10,14H,9H2,1-4H3,(H,20,23)(H,21,22)/t14-/m1/s1. The Morgan fingerprint density at radius 2 is 1.92 bits per heavy atom. The second-order valence-corrected chi connectivity index (χ2v) is 7.54. The molecular weight excluding hydrogens is 340 g/mol. The number of carboxylic acid groups (broad SMARTS) is 1. The fourth-order valence-electron chi connectivity index (χ4n) is 2.32. The van der Waals surface area contributed by atoms with Crippen molar-refractivity contribution in [3.05, 3.63) is 41.0 Å². The summed E-state index contributed by atoms with van der Waals surface area (Å²) in [5.41, 5.74) is 3.81. The van der Waals surface area contributed by atoms with Crippen molar-refractivity contribution in [2.75, 3.05) is 0 Å². The first-order valence-corrected chi connectivity index (χ1v) is 8.75. The van der Waals surface area contributed by atoms with Crippen molar-refractivity contribution in [3.8, 4) is 10.4 Å². The molecule has 1 atom stereocenters. The summed E-state index contributed by atoms with van der Waals surface area (Å²) in [6.07, 6.45) is -0.862. The van der Waals surface area contributed by atoms with Crippen LogP contribution in [0.25, 0.3) is 10.4 Å². The molecule has 0 saturated heterocycles. The maximum atomic E-state index is 12.0. The van der Waals surface area contributed by atoms with E-state index < -0.39 is 23.7 Å². The van der Waals surface area contributed by atoms with Gasteiger partial charge in [-0.3, -0.25) is 4.79 Å². The number of nitrogens with zero attached hydrogens (tertiary/aromatic N) is 1. The molecule has 6 nitrogen and oxygen atoms in total. The average molecular weight is 362 g/mol. The Morgan fingerprint density at radius 3 is 2.40 bits per heavy atom. The number of aryl methyl sites for hydroxylation is 1. The third-order valence-electron chi connectivity index (χ3n) is 3.39. The van der Waals surface area contributed by atoms with Crippen molar-refractivity contribution in [2.24, 2.45) is 0 Å². The minimum absolute atomic E-state index is 0.224. The number of nitrogens with one attached hydrogen (secondary N) is 1. The summed E-state index contributed by atoms with van der Waals surface area (Å²) in [6, 6.07) is 6.78. The van der Waals surface area contributed by atoms with Gasteiger partial charge in [0.05, 0.1) is 28.5 Å². The molecule has 0 fully saturated rings. The highest BCUT2D eigenvalue weighted by Crippen LogP contribution is 2.29. The Balaban J connectivity index is 2.18. The van der Waals surface area contributed by atoms with Crippen LogP contribution in [0.3, 0.4) is 0 Å². The van der Waals surface area contributed by atoms with Crippen LogP contribution < -0.4 is 5.32 Å². The molecule has 1 amide bonds. The highest BCUT2D eigenvalue weighted by atomic mass is 32.1. The van der Waals surface area contributed by atoms with Gasteiger partial charge in [-0.2, -0.15) is 0 Å². The van der Waals surface area contributed by atoms with E-state index in [0.717, 1.165) is 16.1 Å². The Bertz CT molecular complexity index is 747. The minimum Gasteiger partial charge on any atom is -0.481 e. The van der Waals surface area contributed by atoms with Crippen molar-refractivity contribution in [2.45, 2.75) is 45.8 Å². The lowest BCUT2D eigenvalue weighted by atomic mass is 10.0.